The Labute approximate surface area is 119 Å². The molecule has 2 heterocycles. The molecule has 1 saturated heterocycles. The zero-order valence-electron chi connectivity index (χ0n) is 11.5. The molecule has 3 fully saturated rings. The minimum Gasteiger partial charge on any atom is -0.345 e. The maximum absolute atomic E-state index is 4.86. The lowest BCUT2D eigenvalue weighted by atomic mass is 9.85. The van der Waals surface area contributed by atoms with Crippen molar-refractivity contribution in [3.05, 3.63) is 11.1 Å². The fraction of sp³-hybridized carbons (Fsp3) is 0.800. The Morgan fingerprint density at radius 1 is 1.21 bits per heavy atom. The first-order chi connectivity index (χ1) is 9.40. The van der Waals surface area contributed by atoms with E-state index in [1.165, 1.54) is 62.3 Å². The van der Waals surface area contributed by atoms with Crippen LogP contribution in [0.2, 0.25) is 0 Å². The molecule has 0 spiro atoms. The molecule has 1 aromatic heterocycles. The van der Waals surface area contributed by atoms with E-state index in [1.54, 1.807) is 0 Å². The molecular weight excluding hydrogens is 254 g/mol. The van der Waals surface area contributed by atoms with Gasteiger partial charge >= 0.3 is 0 Å². The second kappa shape index (κ2) is 5.06. The molecule has 3 aliphatic rings. The van der Waals surface area contributed by atoms with Gasteiger partial charge in [0.25, 0.3) is 0 Å². The van der Waals surface area contributed by atoms with Crippen LogP contribution in [0.5, 0.6) is 0 Å². The van der Waals surface area contributed by atoms with E-state index >= 15 is 0 Å². The largest absolute Gasteiger partial charge is 0.345 e. The fourth-order valence-corrected chi connectivity index (χ4v) is 4.60. The highest BCUT2D eigenvalue weighted by atomic mass is 32.1. The number of nitrogens with one attached hydrogen (secondary N) is 1. The molecule has 1 N–H and O–H groups in total. The predicted molar refractivity (Wildman–Crippen MR) is 79.7 cm³/mol. The molecular formula is C15H23N3S. The van der Waals surface area contributed by atoms with E-state index in [9.17, 15) is 0 Å². The third kappa shape index (κ3) is 2.52. The molecule has 0 aromatic carbocycles. The summed E-state index contributed by atoms with van der Waals surface area (Å²) in [6.45, 7) is 2.20. The Morgan fingerprint density at radius 3 is 3.00 bits per heavy atom. The SMILES string of the molecule is c1sc(N2CCC3CCCCC32)nc1CNC1CC1. The number of aromatic nitrogens is 1. The quantitative estimate of drug-likeness (QED) is 0.916. The summed E-state index contributed by atoms with van der Waals surface area (Å²) in [5, 5.41) is 7.09. The fourth-order valence-electron chi connectivity index (χ4n) is 3.69. The van der Waals surface area contributed by atoms with Crippen LogP contribution in [0.3, 0.4) is 0 Å². The average molecular weight is 277 g/mol. The summed E-state index contributed by atoms with van der Waals surface area (Å²) >= 11 is 1.85. The molecule has 1 aliphatic heterocycles. The van der Waals surface area contributed by atoms with Crippen LogP contribution in [0.1, 0.15) is 50.6 Å². The van der Waals surface area contributed by atoms with Crippen LogP contribution < -0.4 is 10.2 Å². The Bertz CT molecular complexity index is 440. The van der Waals surface area contributed by atoms with E-state index in [0.717, 1.165) is 24.5 Å². The predicted octanol–water partition coefficient (Wildman–Crippen LogP) is 3.16. The zero-order chi connectivity index (χ0) is 12.7. The van der Waals surface area contributed by atoms with Crippen molar-refractivity contribution < 1.29 is 0 Å². The van der Waals surface area contributed by atoms with Gasteiger partial charge in [0.2, 0.25) is 0 Å². The van der Waals surface area contributed by atoms with Gasteiger partial charge in [-0.05, 0) is 38.0 Å². The van der Waals surface area contributed by atoms with Gasteiger partial charge in [0.05, 0.1) is 5.69 Å². The number of anilines is 1. The van der Waals surface area contributed by atoms with E-state index in [4.69, 9.17) is 4.98 Å². The molecule has 19 heavy (non-hydrogen) atoms. The van der Waals surface area contributed by atoms with Crippen LogP contribution in [-0.4, -0.2) is 23.6 Å². The molecule has 4 rings (SSSR count). The Morgan fingerprint density at radius 2 is 2.11 bits per heavy atom. The first-order valence-electron chi connectivity index (χ1n) is 7.84. The Hall–Kier alpha value is -0.610. The van der Waals surface area contributed by atoms with Gasteiger partial charge in [-0.1, -0.05) is 12.8 Å². The van der Waals surface area contributed by atoms with E-state index in [2.05, 4.69) is 15.6 Å². The monoisotopic (exact) mass is 277 g/mol. The maximum atomic E-state index is 4.86. The van der Waals surface area contributed by atoms with Crippen molar-refractivity contribution >= 4 is 16.5 Å². The topological polar surface area (TPSA) is 28.2 Å². The summed E-state index contributed by atoms with van der Waals surface area (Å²) in [6.07, 6.45) is 9.80. The second-order valence-electron chi connectivity index (χ2n) is 6.37. The minimum absolute atomic E-state index is 0.777. The summed E-state index contributed by atoms with van der Waals surface area (Å²) < 4.78 is 0. The molecule has 0 radical (unpaired) electrons. The maximum Gasteiger partial charge on any atom is 0.185 e. The van der Waals surface area contributed by atoms with Crippen LogP contribution in [-0.2, 0) is 6.54 Å². The van der Waals surface area contributed by atoms with Crippen molar-refractivity contribution in [3.8, 4) is 0 Å². The molecule has 0 bridgehead atoms. The molecule has 2 aliphatic carbocycles. The molecule has 2 saturated carbocycles. The lowest BCUT2D eigenvalue weighted by Crippen LogP contribution is -2.34. The second-order valence-corrected chi connectivity index (χ2v) is 7.21. The van der Waals surface area contributed by atoms with E-state index in [-0.39, 0.29) is 0 Å². The number of nitrogens with zero attached hydrogens (tertiary/aromatic N) is 2. The van der Waals surface area contributed by atoms with Crippen LogP contribution >= 0.6 is 11.3 Å². The van der Waals surface area contributed by atoms with Gasteiger partial charge in [-0.15, -0.1) is 11.3 Å². The summed E-state index contributed by atoms with van der Waals surface area (Å²) in [4.78, 5) is 7.47. The molecule has 0 amide bonds. The number of thiazole rings is 1. The third-order valence-corrected chi connectivity index (χ3v) is 5.87. The van der Waals surface area contributed by atoms with Gasteiger partial charge in [-0.2, -0.15) is 0 Å². The van der Waals surface area contributed by atoms with Gasteiger partial charge in [0.1, 0.15) is 0 Å². The summed E-state index contributed by atoms with van der Waals surface area (Å²) in [7, 11) is 0. The zero-order valence-corrected chi connectivity index (χ0v) is 12.3. The van der Waals surface area contributed by atoms with Crippen LogP contribution in [0.4, 0.5) is 5.13 Å². The van der Waals surface area contributed by atoms with E-state index < -0.39 is 0 Å². The van der Waals surface area contributed by atoms with Gasteiger partial charge < -0.3 is 10.2 Å². The molecule has 2 unspecified atom stereocenters. The van der Waals surface area contributed by atoms with Crippen molar-refractivity contribution in [1.29, 1.82) is 0 Å². The van der Waals surface area contributed by atoms with Crippen molar-refractivity contribution in [2.24, 2.45) is 5.92 Å². The van der Waals surface area contributed by atoms with Crippen molar-refractivity contribution in [3.63, 3.8) is 0 Å². The van der Waals surface area contributed by atoms with Crippen LogP contribution in [0.15, 0.2) is 5.38 Å². The summed E-state index contributed by atoms with van der Waals surface area (Å²) in [5.74, 6) is 0.950. The molecule has 1 aromatic rings. The van der Waals surface area contributed by atoms with Gasteiger partial charge in [0, 0.05) is 30.6 Å². The number of hydrogen-bond donors (Lipinski definition) is 1. The van der Waals surface area contributed by atoms with Gasteiger partial charge in [-0.25, -0.2) is 4.98 Å². The standard InChI is InChI=1S/C15H23N3S/c1-2-4-14-11(3-1)7-8-18(14)15-17-13(10-19-15)9-16-12-5-6-12/h10-12,14,16H,1-9H2. The van der Waals surface area contributed by atoms with Gasteiger partial charge in [-0.3, -0.25) is 0 Å². The number of fused-ring (bicyclic) bond motifs is 1. The Balaban J connectivity index is 1.43. The van der Waals surface area contributed by atoms with E-state index in [1.807, 2.05) is 11.3 Å². The lowest BCUT2D eigenvalue weighted by molar-refractivity contribution is 0.342. The summed E-state index contributed by atoms with van der Waals surface area (Å²) in [5.41, 5.74) is 1.24. The molecule has 4 heteroatoms. The van der Waals surface area contributed by atoms with Crippen molar-refractivity contribution in [2.75, 3.05) is 11.4 Å². The van der Waals surface area contributed by atoms with Crippen LogP contribution in [0.25, 0.3) is 0 Å². The molecule has 3 nitrogen and oxygen atoms in total. The van der Waals surface area contributed by atoms with Gasteiger partial charge in [0.15, 0.2) is 5.13 Å². The lowest BCUT2D eigenvalue weighted by Gasteiger charge is -2.31. The smallest absolute Gasteiger partial charge is 0.185 e. The normalized spacial score (nSPS) is 30.6. The van der Waals surface area contributed by atoms with Crippen LogP contribution in [0, 0.1) is 5.92 Å². The highest BCUT2D eigenvalue weighted by Crippen LogP contribution is 2.39. The number of rotatable bonds is 4. The minimum atomic E-state index is 0.777. The van der Waals surface area contributed by atoms with E-state index in [0.29, 0.717) is 0 Å². The van der Waals surface area contributed by atoms with Crippen molar-refractivity contribution in [1.82, 2.24) is 10.3 Å². The first kappa shape index (κ1) is 12.2. The third-order valence-electron chi connectivity index (χ3n) is 4.94. The highest BCUT2D eigenvalue weighted by Gasteiger charge is 2.36. The summed E-state index contributed by atoms with van der Waals surface area (Å²) in [6, 6.07) is 1.57. The molecule has 2 atom stereocenters. The highest BCUT2D eigenvalue weighted by molar-refractivity contribution is 7.13. The van der Waals surface area contributed by atoms with Crippen molar-refractivity contribution in [2.45, 2.75) is 63.6 Å². The average Bonchev–Trinajstić information content (AvgIpc) is 3.00. The first-order valence-corrected chi connectivity index (χ1v) is 8.72. The molecule has 104 valence electrons. The number of hydrogen-bond acceptors (Lipinski definition) is 4. The Kier molecular flexibility index (Phi) is 3.24.